The molecule has 0 aliphatic carbocycles. The number of aromatic amines is 1. The van der Waals surface area contributed by atoms with Crippen molar-refractivity contribution in [2.75, 3.05) is 0 Å². The van der Waals surface area contributed by atoms with Gasteiger partial charge in [-0.3, -0.25) is 0 Å². The summed E-state index contributed by atoms with van der Waals surface area (Å²) in [6.07, 6.45) is 0. The maximum absolute atomic E-state index is 3.92. The van der Waals surface area contributed by atoms with Crippen LogP contribution >= 0.6 is 0 Å². The first kappa shape index (κ1) is 21.7. The maximum Gasteiger partial charge on any atom is 0.0784 e. The highest BCUT2D eigenvalue weighted by atomic mass is 28.3. The average Bonchev–Trinajstić information content (AvgIpc) is 3.46. The quantitative estimate of drug-likeness (QED) is 0.181. The molecule has 8 aromatic rings. The smallest absolute Gasteiger partial charge is 0.0784 e. The number of fused-ring (bicyclic) bond motifs is 3. The van der Waals surface area contributed by atoms with Gasteiger partial charge in [0.15, 0.2) is 0 Å². The molecule has 1 nitrogen and oxygen atoms in total. The average molecular weight is 510 g/mol. The second-order valence-corrected chi connectivity index (χ2v) is 23.2. The lowest BCUT2D eigenvalue weighted by Crippen LogP contribution is -2.38. The number of nitrogens with one attached hydrogen (secondary N) is 1. The summed E-state index contributed by atoms with van der Waals surface area (Å²) < 4.78 is 0. The fraction of sp³-hybridized carbons (Fsp3) is 0.176. The standard InChI is InChI=1S/C34H31NSi2/c1-36(2,3)27-17-23-24-16-26(19-10-8-7-9-11-19)35-34(24)25-18-28(37(4,5)6)22-15-13-20-12-14-21(27)30-29(20)31(22)33(25)32(23)30/h7-18,35H,1-6H3. The van der Waals surface area contributed by atoms with Gasteiger partial charge in [0.25, 0.3) is 0 Å². The van der Waals surface area contributed by atoms with Gasteiger partial charge >= 0.3 is 0 Å². The van der Waals surface area contributed by atoms with Gasteiger partial charge in [0.2, 0.25) is 0 Å². The van der Waals surface area contributed by atoms with E-state index < -0.39 is 16.1 Å². The van der Waals surface area contributed by atoms with Crippen LogP contribution in [-0.4, -0.2) is 21.1 Å². The van der Waals surface area contributed by atoms with Gasteiger partial charge in [-0.1, -0.05) is 116 Å². The normalized spacial score (nSPS) is 13.7. The fourth-order valence-electron chi connectivity index (χ4n) is 7.07. The van der Waals surface area contributed by atoms with Gasteiger partial charge in [-0.2, -0.15) is 0 Å². The second-order valence-electron chi connectivity index (χ2n) is 13.1. The number of rotatable bonds is 3. The molecule has 0 fully saturated rings. The highest BCUT2D eigenvalue weighted by Crippen LogP contribution is 2.50. The lowest BCUT2D eigenvalue weighted by atomic mass is 9.96. The summed E-state index contributed by atoms with van der Waals surface area (Å²) in [4.78, 5) is 3.92. The fourth-order valence-corrected chi connectivity index (χ4v) is 10.3. The Balaban J connectivity index is 1.72. The van der Waals surface area contributed by atoms with Gasteiger partial charge in [0.05, 0.1) is 21.7 Å². The van der Waals surface area contributed by atoms with Gasteiger partial charge in [0, 0.05) is 21.9 Å². The van der Waals surface area contributed by atoms with Crippen LogP contribution in [0, 0.1) is 0 Å². The molecule has 0 amide bonds. The number of hydrogen-bond acceptors (Lipinski definition) is 0. The van der Waals surface area contributed by atoms with E-state index in [9.17, 15) is 0 Å². The first-order valence-corrected chi connectivity index (χ1v) is 20.5. The zero-order valence-electron chi connectivity index (χ0n) is 22.4. The van der Waals surface area contributed by atoms with Crippen molar-refractivity contribution in [1.29, 1.82) is 0 Å². The summed E-state index contributed by atoms with van der Waals surface area (Å²) in [7, 11) is -3.20. The van der Waals surface area contributed by atoms with E-state index in [2.05, 4.69) is 117 Å². The Labute approximate surface area is 219 Å². The third kappa shape index (κ3) is 2.68. The van der Waals surface area contributed by atoms with E-state index in [4.69, 9.17) is 0 Å². The highest BCUT2D eigenvalue weighted by Gasteiger charge is 2.30. The van der Waals surface area contributed by atoms with E-state index in [1.807, 2.05) is 0 Å². The minimum atomic E-state index is -1.60. The van der Waals surface area contributed by atoms with Crippen LogP contribution in [0.25, 0.3) is 76.0 Å². The van der Waals surface area contributed by atoms with Gasteiger partial charge in [-0.15, -0.1) is 0 Å². The molecule has 0 aliphatic rings. The Morgan fingerprint density at radius 2 is 1.03 bits per heavy atom. The first-order valence-electron chi connectivity index (χ1n) is 13.5. The van der Waals surface area contributed by atoms with Crippen molar-refractivity contribution < 1.29 is 0 Å². The summed E-state index contributed by atoms with van der Waals surface area (Å²) in [6, 6.07) is 28.0. The second kappa shape index (κ2) is 6.72. The molecule has 0 bridgehead atoms. The Morgan fingerprint density at radius 1 is 0.486 bits per heavy atom. The van der Waals surface area contributed by atoms with Crippen LogP contribution in [0.3, 0.4) is 0 Å². The van der Waals surface area contributed by atoms with Crippen LogP contribution in [0.15, 0.2) is 72.8 Å². The Morgan fingerprint density at radius 3 is 1.62 bits per heavy atom. The highest BCUT2D eigenvalue weighted by molar-refractivity contribution is 6.91. The molecule has 37 heavy (non-hydrogen) atoms. The number of hydrogen-bond donors (Lipinski definition) is 1. The van der Waals surface area contributed by atoms with Crippen molar-refractivity contribution in [2.24, 2.45) is 0 Å². The van der Waals surface area contributed by atoms with E-state index in [-0.39, 0.29) is 0 Å². The predicted octanol–water partition coefficient (Wildman–Crippen LogP) is 9.00. The maximum atomic E-state index is 3.92. The molecule has 0 aliphatic heterocycles. The van der Waals surface area contributed by atoms with Crippen LogP contribution in [0.1, 0.15) is 0 Å². The molecule has 8 rings (SSSR count). The molecule has 0 saturated carbocycles. The summed E-state index contributed by atoms with van der Waals surface area (Å²) >= 11 is 0. The van der Waals surface area contributed by atoms with Gasteiger partial charge in [0.1, 0.15) is 0 Å². The van der Waals surface area contributed by atoms with Crippen LogP contribution in [0.4, 0.5) is 0 Å². The number of H-pyrrole nitrogens is 1. The minimum Gasteiger partial charge on any atom is -0.354 e. The van der Waals surface area contributed by atoms with Gasteiger partial charge in [-0.25, -0.2) is 0 Å². The molecule has 0 radical (unpaired) electrons. The Hall–Kier alpha value is -3.41. The molecule has 1 aromatic heterocycles. The molecule has 1 N–H and O–H groups in total. The van der Waals surface area contributed by atoms with Crippen molar-refractivity contribution in [2.45, 2.75) is 39.3 Å². The van der Waals surface area contributed by atoms with Crippen LogP contribution in [0.2, 0.25) is 39.3 Å². The summed E-state index contributed by atoms with van der Waals surface area (Å²) in [6.45, 7) is 15.0. The van der Waals surface area contributed by atoms with Crippen molar-refractivity contribution in [3.8, 4) is 11.3 Å². The van der Waals surface area contributed by atoms with Crippen molar-refractivity contribution >= 4 is 91.3 Å². The number of aromatic nitrogens is 1. The Bertz CT molecular complexity index is 2010. The summed E-state index contributed by atoms with van der Waals surface area (Å²) in [5.74, 6) is 0. The zero-order valence-corrected chi connectivity index (χ0v) is 24.4. The third-order valence-electron chi connectivity index (χ3n) is 8.71. The van der Waals surface area contributed by atoms with Crippen LogP contribution in [0.5, 0.6) is 0 Å². The first-order chi connectivity index (χ1) is 17.6. The molecule has 0 atom stereocenters. The van der Waals surface area contributed by atoms with E-state index in [1.165, 1.54) is 76.0 Å². The zero-order chi connectivity index (χ0) is 25.4. The van der Waals surface area contributed by atoms with E-state index in [0.717, 1.165) is 0 Å². The monoisotopic (exact) mass is 509 g/mol. The lowest BCUT2D eigenvalue weighted by molar-refractivity contribution is 1.46. The van der Waals surface area contributed by atoms with Crippen molar-refractivity contribution in [3.63, 3.8) is 0 Å². The van der Waals surface area contributed by atoms with Crippen molar-refractivity contribution in [1.82, 2.24) is 4.98 Å². The summed E-state index contributed by atoms with van der Waals surface area (Å²) in [5, 5.41) is 19.2. The molecule has 180 valence electrons. The molecule has 0 saturated heterocycles. The molecular weight excluding hydrogens is 479 g/mol. The molecule has 0 unspecified atom stereocenters. The lowest BCUT2D eigenvalue weighted by Gasteiger charge is -2.21. The summed E-state index contributed by atoms with van der Waals surface area (Å²) in [5.41, 5.74) is 3.76. The molecule has 7 aromatic carbocycles. The predicted molar refractivity (Wildman–Crippen MR) is 171 cm³/mol. The largest absolute Gasteiger partial charge is 0.354 e. The van der Waals surface area contributed by atoms with Gasteiger partial charge in [-0.05, 0) is 54.7 Å². The Kier molecular flexibility index (Phi) is 3.93. The third-order valence-corrected chi connectivity index (χ3v) is 12.8. The molecule has 1 heterocycles. The number of benzene rings is 6. The molecule has 0 spiro atoms. The minimum absolute atomic E-state index is 1.21. The molecule has 3 heteroatoms. The van der Waals surface area contributed by atoms with Crippen LogP contribution < -0.4 is 10.4 Å². The van der Waals surface area contributed by atoms with E-state index >= 15 is 0 Å². The van der Waals surface area contributed by atoms with Crippen LogP contribution in [-0.2, 0) is 0 Å². The topological polar surface area (TPSA) is 15.8 Å². The van der Waals surface area contributed by atoms with E-state index in [1.54, 1.807) is 10.4 Å². The van der Waals surface area contributed by atoms with Crippen molar-refractivity contribution in [3.05, 3.63) is 72.8 Å². The van der Waals surface area contributed by atoms with E-state index in [0.29, 0.717) is 0 Å². The molecular formula is C34H31NSi2. The van der Waals surface area contributed by atoms with Gasteiger partial charge < -0.3 is 4.98 Å². The SMILES string of the molecule is C[Si](C)(C)c1cc2c3cc(-c4ccccc4)[nH]c3c3cc([Si](C)(C)C)c4ccc5ccc1c1c5c4c3c21.